The number of carbonyl (C=O) groups is 1. The van der Waals surface area contributed by atoms with E-state index in [1.54, 1.807) is 16.3 Å². The Hall–Kier alpha value is -2.76. The molecule has 0 spiro atoms. The molecule has 0 aliphatic rings. The molecule has 0 aliphatic heterocycles. The molecule has 0 radical (unpaired) electrons. The number of benzene rings is 1. The van der Waals surface area contributed by atoms with Gasteiger partial charge < -0.3 is 10.1 Å². The van der Waals surface area contributed by atoms with E-state index in [9.17, 15) is 9.59 Å². The summed E-state index contributed by atoms with van der Waals surface area (Å²) >= 11 is 0. The number of hydrogen-bond donors (Lipinski definition) is 1. The normalized spacial score (nSPS) is 11.4. The number of hydrogen-bond acceptors (Lipinski definition) is 4. The fraction of sp³-hybridized carbons (Fsp3) is 0.250. The topological polar surface area (TPSA) is 65.3 Å². The minimum Gasteiger partial charge on any atom is -0.466 e. The summed E-state index contributed by atoms with van der Waals surface area (Å²) in [6.45, 7) is 3.55. The number of rotatable bonds is 4. The Labute approximate surface area is 128 Å². The lowest BCUT2D eigenvalue weighted by Crippen LogP contribution is -2.20. The van der Waals surface area contributed by atoms with Gasteiger partial charge in [0, 0.05) is 18.8 Å². The predicted octanol–water partition coefficient (Wildman–Crippen LogP) is 1.97. The molecule has 0 unspecified atom stereocenters. The highest BCUT2D eigenvalue weighted by Gasteiger charge is 2.16. The van der Waals surface area contributed by atoms with Gasteiger partial charge in [-0.15, -0.1) is 0 Å². The van der Waals surface area contributed by atoms with Crippen molar-refractivity contribution in [3.63, 3.8) is 0 Å². The van der Waals surface area contributed by atoms with Gasteiger partial charge >= 0.3 is 5.97 Å². The van der Waals surface area contributed by atoms with E-state index in [2.05, 4.69) is 10.1 Å². The van der Waals surface area contributed by atoms with Crippen LogP contribution in [0, 0.1) is 6.92 Å². The van der Waals surface area contributed by atoms with Crippen LogP contribution in [-0.4, -0.2) is 22.4 Å². The highest BCUT2D eigenvalue weighted by molar-refractivity contribution is 5.83. The van der Waals surface area contributed by atoms with Crippen molar-refractivity contribution in [3.05, 3.63) is 58.2 Å². The molecule has 2 rings (SSSR count). The summed E-state index contributed by atoms with van der Waals surface area (Å²) in [5.41, 5.74) is 2.35. The molecule has 0 saturated carbocycles. The molecular formula is C16H19N3O3. The monoisotopic (exact) mass is 301 g/mol. The average molecular weight is 301 g/mol. The fourth-order valence-electron chi connectivity index (χ4n) is 2.18. The number of carbonyl (C=O) groups excluding carboxylic acids is 1. The minimum absolute atomic E-state index is 0.177. The Morgan fingerprint density at radius 2 is 1.91 bits per heavy atom. The van der Waals surface area contributed by atoms with Crippen LogP contribution in [0.5, 0.6) is 0 Å². The van der Waals surface area contributed by atoms with Crippen molar-refractivity contribution in [2.24, 2.45) is 7.05 Å². The van der Waals surface area contributed by atoms with E-state index in [1.165, 1.54) is 13.2 Å². The van der Waals surface area contributed by atoms with Crippen LogP contribution in [0.4, 0.5) is 5.69 Å². The minimum atomic E-state index is -0.470. The van der Waals surface area contributed by atoms with Gasteiger partial charge in [0.05, 0.1) is 18.5 Å². The zero-order chi connectivity index (χ0) is 16.3. The van der Waals surface area contributed by atoms with Crippen LogP contribution < -0.4 is 10.9 Å². The SMILES string of the molecule is COC(=O)/C=C(/C)Nc1c(C)n(C)n(-c2ccccc2)c1=O. The van der Waals surface area contributed by atoms with Gasteiger partial charge in [-0.2, -0.15) is 0 Å². The van der Waals surface area contributed by atoms with Crippen molar-refractivity contribution in [2.75, 3.05) is 12.4 Å². The van der Waals surface area contributed by atoms with Crippen molar-refractivity contribution in [1.82, 2.24) is 9.36 Å². The van der Waals surface area contributed by atoms with Gasteiger partial charge in [-0.05, 0) is 26.0 Å². The van der Waals surface area contributed by atoms with E-state index < -0.39 is 5.97 Å². The first-order valence-electron chi connectivity index (χ1n) is 6.83. The van der Waals surface area contributed by atoms with Gasteiger partial charge in [0.2, 0.25) is 0 Å². The zero-order valence-electron chi connectivity index (χ0n) is 13.1. The summed E-state index contributed by atoms with van der Waals surface area (Å²) in [6.07, 6.45) is 1.30. The third-order valence-corrected chi connectivity index (χ3v) is 3.41. The molecule has 1 N–H and O–H groups in total. The molecule has 0 amide bonds. The Kier molecular flexibility index (Phi) is 4.50. The summed E-state index contributed by atoms with van der Waals surface area (Å²) in [5.74, 6) is -0.470. The highest BCUT2D eigenvalue weighted by Crippen LogP contribution is 2.15. The molecule has 6 nitrogen and oxygen atoms in total. The maximum Gasteiger partial charge on any atom is 0.332 e. The first kappa shape index (κ1) is 15.6. The molecule has 6 heteroatoms. The van der Waals surface area contributed by atoms with Gasteiger partial charge in [-0.1, -0.05) is 18.2 Å². The molecule has 0 aliphatic carbocycles. The molecule has 0 saturated heterocycles. The summed E-state index contributed by atoms with van der Waals surface area (Å²) < 4.78 is 7.92. The predicted molar refractivity (Wildman–Crippen MR) is 85.1 cm³/mol. The van der Waals surface area contributed by atoms with Crippen LogP contribution in [0.2, 0.25) is 0 Å². The number of methoxy groups -OCH3 is 1. The fourth-order valence-corrected chi connectivity index (χ4v) is 2.18. The smallest absolute Gasteiger partial charge is 0.332 e. The quantitative estimate of drug-likeness (QED) is 0.692. The number of aromatic nitrogens is 2. The zero-order valence-corrected chi connectivity index (χ0v) is 13.1. The lowest BCUT2D eigenvalue weighted by molar-refractivity contribution is -0.134. The Balaban J connectivity index is 2.46. The maximum atomic E-state index is 12.6. The van der Waals surface area contributed by atoms with E-state index in [4.69, 9.17) is 0 Å². The third-order valence-electron chi connectivity index (χ3n) is 3.41. The molecule has 22 heavy (non-hydrogen) atoms. The molecule has 2 aromatic rings. The summed E-state index contributed by atoms with van der Waals surface area (Å²) in [5, 5.41) is 2.98. The number of esters is 1. The van der Waals surface area contributed by atoms with Gasteiger partial charge in [0.1, 0.15) is 5.69 Å². The molecule has 0 bridgehead atoms. The van der Waals surface area contributed by atoms with Crippen LogP contribution in [0.3, 0.4) is 0 Å². The molecule has 0 atom stereocenters. The van der Waals surface area contributed by atoms with Crippen LogP contribution in [0.1, 0.15) is 12.6 Å². The van der Waals surface area contributed by atoms with E-state index in [-0.39, 0.29) is 5.56 Å². The summed E-state index contributed by atoms with van der Waals surface area (Å²) in [4.78, 5) is 23.9. The van der Waals surface area contributed by atoms with E-state index >= 15 is 0 Å². The first-order valence-corrected chi connectivity index (χ1v) is 6.83. The summed E-state index contributed by atoms with van der Waals surface area (Å²) in [6, 6.07) is 9.37. The van der Waals surface area contributed by atoms with Crippen LogP contribution in [-0.2, 0) is 16.6 Å². The maximum absolute atomic E-state index is 12.6. The lowest BCUT2D eigenvalue weighted by Gasteiger charge is -2.07. The Morgan fingerprint density at radius 1 is 1.27 bits per heavy atom. The summed E-state index contributed by atoms with van der Waals surface area (Å²) in [7, 11) is 3.12. The van der Waals surface area contributed by atoms with Crippen LogP contribution in [0.15, 0.2) is 46.9 Å². The van der Waals surface area contributed by atoms with Crippen molar-refractivity contribution in [2.45, 2.75) is 13.8 Å². The van der Waals surface area contributed by atoms with Crippen molar-refractivity contribution in [1.29, 1.82) is 0 Å². The third kappa shape index (κ3) is 2.95. The molecule has 0 fully saturated rings. The van der Waals surface area contributed by atoms with E-state index in [1.807, 2.05) is 44.3 Å². The van der Waals surface area contributed by atoms with Crippen LogP contribution >= 0.6 is 0 Å². The molecule has 1 heterocycles. The van der Waals surface area contributed by atoms with Crippen LogP contribution in [0.25, 0.3) is 5.69 Å². The number of nitrogens with zero attached hydrogens (tertiary/aromatic N) is 2. The van der Waals surface area contributed by atoms with Crippen molar-refractivity contribution in [3.8, 4) is 5.69 Å². The number of allylic oxidation sites excluding steroid dienone is 1. The number of nitrogens with one attached hydrogen (secondary N) is 1. The van der Waals surface area contributed by atoms with Gasteiger partial charge in [-0.25, -0.2) is 9.48 Å². The van der Waals surface area contributed by atoms with Gasteiger partial charge in [0.15, 0.2) is 0 Å². The Morgan fingerprint density at radius 3 is 2.50 bits per heavy atom. The largest absolute Gasteiger partial charge is 0.466 e. The average Bonchev–Trinajstić information content (AvgIpc) is 2.72. The molecular weight excluding hydrogens is 282 g/mol. The second kappa shape index (κ2) is 6.34. The number of ether oxygens (including phenoxy) is 1. The second-order valence-electron chi connectivity index (χ2n) is 4.91. The molecule has 1 aromatic heterocycles. The standard InChI is InChI=1S/C16H19N3O3/c1-11(10-14(20)22-4)17-15-12(2)18(3)19(16(15)21)13-8-6-5-7-9-13/h5-10,17H,1-4H3/b11-10-. The first-order chi connectivity index (χ1) is 10.5. The second-order valence-corrected chi connectivity index (χ2v) is 4.91. The van der Waals surface area contributed by atoms with Gasteiger partial charge in [0.25, 0.3) is 5.56 Å². The Bertz CT molecular complexity index is 770. The van der Waals surface area contributed by atoms with Gasteiger partial charge in [-0.3, -0.25) is 9.48 Å². The number of para-hydroxylation sites is 1. The highest BCUT2D eigenvalue weighted by atomic mass is 16.5. The molecule has 116 valence electrons. The van der Waals surface area contributed by atoms with Crippen molar-refractivity contribution < 1.29 is 9.53 Å². The lowest BCUT2D eigenvalue weighted by atomic mass is 10.3. The van der Waals surface area contributed by atoms with Crippen molar-refractivity contribution >= 4 is 11.7 Å². The van der Waals surface area contributed by atoms with E-state index in [0.717, 1.165) is 11.4 Å². The molecule has 1 aromatic carbocycles. The number of anilines is 1. The van der Waals surface area contributed by atoms with E-state index in [0.29, 0.717) is 11.4 Å².